The number of aromatic nitrogens is 1. The molecule has 3 heterocycles. The first-order valence-electron chi connectivity index (χ1n) is 8.95. The molecule has 0 N–H and O–H groups in total. The van der Waals surface area contributed by atoms with Crippen molar-refractivity contribution in [3.63, 3.8) is 0 Å². The highest BCUT2D eigenvalue weighted by Gasteiger charge is 2.70. The molecule has 3 nitrogen and oxygen atoms in total. The van der Waals surface area contributed by atoms with Gasteiger partial charge in [-0.05, 0) is 33.3 Å². The molecule has 0 saturated carbocycles. The average Bonchev–Trinajstić information content (AvgIpc) is 2.58. The lowest BCUT2D eigenvalue weighted by molar-refractivity contribution is -0.755. The molecule has 0 saturated heterocycles. The van der Waals surface area contributed by atoms with Crippen LogP contribution in [0.3, 0.4) is 0 Å². The third-order valence-electron chi connectivity index (χ3n) is 5.78. The first-order chi connectivity index (χ1) is 11.6. The fourth-order valence-corrected chi connectivity index (χ4v) is 4.99. The first-order valence-corrected chi connectivity index (χ1v) is 8.95. The topological polar surface area (TPSA) is 22.3 Å². The van der Waals surface area contributed by atoms with Crippen LogP contribution in [0.15, 0.2) is 48.7 Å². The van der Waals surface area contributed by atoms with Crippen LogP contribution in [0.2, 0.25) is 0 Å². The number of rotatable bonds is 4. The van der Waals surface area contributed by atoms with Crippen LogP contribution in [-0.4, -0.2) is 19.0 Å². The molecule has 0 fully saturated rings. The standard InChI is InChI=1S/C21H26NO2.ClH/c1-5-23-21(24-6-2)18-15-11-7-8-12-16(15)19(20(21,3)4)22-14-10-9-13-17(18)22;/h7-14,18-19H,5-6H2,1-4H3;1H/q+1;/p-1/t18-,19+;/m1./s1. The SMILES string of the molecule is CCOC1(OCC)[C@@H]2c3ccccc3[C@H]([n+]3ccccc32)C1(C)C.[Cl-]. The highest BCUT2D eigenvalue weighted by molar-refractivity contribution is 5.45. The number of fused-ring (bicyclic) bond motifs is 1. The Labute approximate surface area is 156 Å². The Bertz CT molecular complexity index is 720. The van der Waals surface area contributed by atoms with Crippen LogP contribution in [0.4, 0.5) is 0 Å². The van der Waals surface area contributed by atoms with Crippen LogP contribution in [0, 0.1) is 5.41 Å². The second-order valence-electron chi connectivity index (χ2n) is 7.25. The summed E-state index contributed by atoms with van der Waals surface area (Å²) in [5, 5.41) is 0. The Morgan fingerprint density at radius 2 is 1.52 bits per heavy atom. The van der Waals surface area contributed by atoms with E-state index < -0.39 is 5.79 Å². The summed E-state index contributed by atoms with van der Waals surface area (Å²) in [6, 6.07) is 15.4. The summed E-state index contributed by atoms with van der Waals surface area (Å²) in [5.41, 5.74) is 3.83. The van der Waals surface area contributed by atoms with Gasteiger partial charge in [0.15, 0.2) is 23.7 Å². The van der Waals surface area contributed by atoms with Crippen LogP contribution in [0.5, 0.6) is 0 Å². The summed E-state index contributed by atoms with van der Waals surface area (Å²) in [6.07, 6.45) is 2.20. The number of hydrogen-bond acceptors (Lipinski definition) is 2. The maximum Gasteiger partial charge on any atom is 0.196 e. The maximum absolute atomic E-state index is 6.44. The number of nitrogens with zero attached hydrogens (tertiary/aromatic N) is 1. The van der Waals surface area contributed by atoms with E-state index in [4.69, 9.17) is 9.47 Å². The molecule has 2 aliphatic heterocycles. The van der Waals surface area contributed by atoms with Gasteiger partial charge in [0.1, 0.15) is 5.92 Å². The van der Waals surface area contributed by atoms with Gasteiger partial charge in [0.25, 0.3) is 0 Å². The highest BCUT2D eigenvalue weighted by Crippen LogP contribution is 2.61. The molecule has 1 aromatic heterocycles. The van der Waals surface area contributed by atoms with Crippen LogP contribution in [0.1, 0.15) is 56.5 Å². The van der Waals surface area contributed by atoms with Crippen LogP contribution >= 0.6 is 0 Å². The largest absolute Gasteiger partial charge is 1.00 e. The lowest BCUT2D eigenvalue weighted by Gasteiger charge is -2.57. The molecule has 2 bridgehead atoms. The summed E-state index contributed by atoms with van der Waals surface area (Å²) in [7, 11) is 0. The van der Waals surface area contributed by atoms with E-state index in [-0.39, 0.29) is 29.8 Å². The zero-order valence-electron chi connectivity index (χ0n) is 15.3. The predicted molar refractivity (Wildman–Crippen MR) is 92.8 cm³/mol. The second kappa shape index (κ2) is 6.39. The van der Waals surface area contributed by atoms with Crippen molar-refractivity contribution in [2.24, 2.45) is 5.41 Å². The van der Waals surface area contributed by atoms with Gasteiger partial charge in [-0.25, -0.2) is 0 Å². The van der Waals surface area contributed by atoms with Crippen molar-refractivity contribution in [1.82, 2.24) is 0 Å². The quantitative estimate of drug-likeness (QED) is 0.596. The van der Waals surface area contributed by atoms with Crippen molar-refractivity contribution < 1.29 is 26.4 Å². The number of halogens is 1. The molecule has 0 radical (unpaired) electrons. The number of hydrogen-bond donors (Lipinski definition) is 0. The summed E-state index contributed by atoms with van der Waals surface area (Å²) >= 11 is 0. The number of pyridine rings is 1. The first kappa shape index (κ1) is 18.4. The van der Waals surface area contributed by atoms with Crippen LogP contribution < -0.4 is 17.0 Å². The third kappa shape index (κ3) is 2.22. The normalized spacial score (nSPS) is 24.2. The summed E-state index contributed by atoms with van der Waals surface area (Å²) < 4.78 is 15.3. The van der Waals surface area contributed by atoms with Crippen molar-refractivity contribution in [3.8, 4) is 0 Å². The van der Waals surface area contributed by atoms with Crippen molar-refractivity contribution in [3.05, 3.63) is 65.5 Å². The lowest BCUT2D eigenvalue weighted by atomic mass is 9.57. The molecular weight excluding hydrogens is 334 g/mol. The fraction of sp³-hybridized carbons (Fsp3) is 0.476. The number of ether oxygens (including phenoxy) is 2. The molecule has 25 heavy (non-hydrogen) atoms. The molecule has 134 valence electrons. The molecule has 1 aliphatic carbocycles. The smallest absolute Gasteiger partial charge is 0.196 e. The number of benzene rings is 1. The lowest BCUT2D eigenvalue weighted by Crippen LogP contribution is -3.00. The molecule has 0 unspecified atom stereocenters. The van der Waals surface area contributed by atoms with E-state index in [0.29, 0.717) is 13.2 Å². The summed E-state index contributed by atoms with van der Waals surface area (Å²) in [6.45, 7) is 9.97. The predicted octanol–water partition coefficient (Wildman–Crippen LogP) is 0.822. The van der Waals surface area contributed by atoms with Crippen LogP contribution in [0.25, 0.3) is 0 Å². The Morgan fingerprint density at radius 3 is 2.16 bits per heavy atom. The van der Waals surface area contributed by atoms with E-state index in [2.05, 4.69) is 80.9 Å². The van der Waals surface area contributed by atoms with E-state index in [9.17, 15) is 0 Å². The van der Waals surface area contributed by atoms with Crippen molar-refractivity contribution in [2.75, 3.05) is 13.2 Å². The van der Waals surface area contributed by atoms with Gasteiger partial charge in [-0.15, -0.1) is 0 Å². The van der Waals surface area contributed by atoms with Crippen molar-refractivity contribution in [1.29, 1.82) is 0 Å². The van der Waals surface area contributed by atoms with E-state index in [1.807, 2.05) is 0 Å². The Hall–Kier alpha value is -1.42. The molecule has 0 amide bonds. The molecule has 4 heteroatoms. The Morgan fingerprint density at radius 1 is 0.920 bits per heavy atom. The highest BCUT2D eigenvalue weighted by atomic mass is 35.5. The zero-order chi connectivity index (χ0) is 16.9. The molecular formula is C21H26ClNO2. The monoisotopic (exact) mass is 359 g/mol. The van der Waals surface area contributed by atoms with Gasteiger partial charge >= 0.3 is 0 Å². The Kier molecular flexibility index (Phi) is 4.69. The minimum atomic E-state index is -0.642. The van der Waals surface area contributed by atoms with Gasteiger partial charge in [0, 0.05) is 30.9 Å². The zero-order valence-corrected chi connectivity index (χ0v) is 16.1. The fourth-order valence-electron chi connectivity index (χ4n) is 4.99. The van der Waals surface area contributed by atoms with Gasteiger partial charge < -0.3 is 21.9 Å². The van der Waals surface area contributed by atoms with Crippen molar-refractivity contribution in [2.45, 2.75) is 45.4 Å². The molecule has 5 rings (SSSR count). The Balaban J connectivity index is 0.00000182. The molecule has 2 aromatic rings. The van der Waals surface area contributed by atoms with E-state index >= 15 is 0 Å². The van der Waals surface area contributed by atoms with Gasteiger partial charge in [-0.2, -0.15) is 4.57 Å². The van der Waals surface area contributed by atoms with E-state index in [1.165, 1.54) is 16.8 Å². The average molecular weight is 360 g/mol. The second-order valence-corrected chi connectivity index (χ2v) is 7.25. The van der Waals surface area contributed by atoms with Gasteiger partial charge in [-0.1, -0.05) is 30.3 Å². The van der Waals surface area contributed by atoms with Gasteiger partial charge in [0.2, 0.25) is 0 Å². The van der Waals surface area contributed by atoms with Crippen LogP contribution in [-0.2, 0) is 9.47 Å². The maximum atomic E-state index is 6.44. The van der Waals surface area contributed by atoms with E-state index in [0.717, 1.165) is 0 Å². The minimum absolute atomic E-state index is 0. The van der Waals surface area contributed by atoms with Crippen molar-refractivity contribution >= 4 is 0 Å². The minimum Gasteiger partial charge on any atom is -1.00 e. The molecule has 3 aliphatic rings. The molecule has 1 aromatic carbocycles. The summed E-state index contributed by atoms with van der Waals surface area (Å²) in [4.78, 5) is 0. The van der Waals surface area contributed by atoms with E-state index in [1.54, 1.807) is 0 Å². The third-order valence-corrected chi connectivity index (χ3v) is 5.78. The van der Waals surface area contributed by atoms with Gasteiger partial charge in [-0.3, -0.25) is 0 Å². The summed E-state index contributed by atoms with van der Waals surface area (Å²) in [5.74, 6) is -0.563. The molecule has 2 atom stereocenters. The van der Waals surface area contributed by atoms with Gasteiger partial charge in [0.05, 0.1) is 5.41 Å². The molecule has 0 spiro atoms.